The molecule has 0 saturated carbocycles. The van der Waals surface area contributed by atoms with Crippen molar-refractivity contribution in [2.75, 3.05) is 7.11 Å². The molecule has 2 atom stereocenters. The molecule has 0 fully saturated rings. The van der Waals surface area contributed by atoms with Gasteiger partial charge in [-0.1, -0.05) is 42.5 Å². The van der Waals surface area contributed by atoms with Crippen LogP contribution in [0, 0.1) is 0 Å². The van der Waals surface area contributed by atoms with Crippen molar-refractivity contribution in [2.45, 2.75) is 18.8 Å². The number of amides is 1. The van der Waals surface area contributed by atoms with Crippen molar-refractivity contribution >= 4 is 14.1 Å². The first-order chi connectivity index (χ1) is 11.6. The monoisotopic (exact) mass is 348 g/mol. The third-order valence-corrected chi connectivity index (χ3v) is 4.20. The molecular formula is C17H19NO5P+. The van der Waals surface area contributed by atoms with E-state index >= 15 is 0 Å². The summed E-state index contributed by atoms with van der Waals surface area (Å²) in [7, 11) is -1.03. The van der Waals surface area contributed by atoms with Gasteiger partial charge in [0.2, 0.25) is 0 Å². The summed E-state index contributed by atoms with van der Waals surface area (Å²) in [4.78, 5) is 21.3. The molecule has 1 amide bonds. The average molecular weight is 348 g/mol. The molecule has 0 spiro atoms. The van der Waals surface area contributed by atoms with Crippen LogP contribution in [0.4, 0.5) is 4.79 Å². The minimum atomic E-state index is -2.59. The number of hydrogen-bond acceptors (Lipinski definition) is 4. The van der Waals surface area contributed by atoms with E-state index in [1.807, 2.05) is 30.3 Å². The van der Waals surface area contributed by atoms with Gasteiger partial charge in [0.1, 0.15) is 12.4 Å². The predicted octanol–water partition coefficient (Wildman–Crippen LogP) is 3.22. The molecule has 24 heavy (non-hydrogen) atoms. The van der Waals surface area contributed by atoms with E-state index in [-0.39, 0.29) is 13.0 Å². The molecule has 0 radical (unpaired) electrons. The second-order valence-corrected chi connectivity index (χ2v) is 6.30. The molecule has 2 rings (SSSR count). The van der Waals surface area contributed by atoms with Gasteiger partial charge in [0.25, 0.3) is 5.78 Å². The van der Waals surface area contributed by atoms with Crippen LogP contribution in [0.2, 0.25) is 0 Å². The maximum atomic E-state index is 11.8. The number of ether oxygens (including phenoxy) is 2. The summed E-state index contributed by atoms with van der Waals surface area (Å²) in [6.45, 7) is 0.101. The van der Waals surface area contributed by atoms with Crippen molar-refractivity contribution in [1.82, 2.24) is 5.32 Å². The second-order valence-electron chi connectivity index (χ2n) is 5.08. The van der Waals surface area contributed by atoms with E-state index in [2.05, 4.69) is 5.32 Å². The van der Waals surface area contributed by atoms with Gasteiger partial charge >= 0.3 is 14.1 Å². The number of benzene rings is 2. The maximum absolute atomic E-state index is 11.8. The molecular weight excluding hydrogens is 329 g/mol. The zero-order valence-electron chi connectivity index (χ0n) is 13.2. The molecule has 6 nitrogen and oxygen atoms in total. The number of carbonyl (C=O) groups is 1. The Morgan fingerprint density at radius 1 is 1.12 bits per heavy atom. The number of rotatable bonds is 7. The van der Waals surface area contributed by atoms with Gasteiger partial charge in [-0.25, -0.2) is 4.79 Å². The van der Waals surface area contributed by atoms with Crippen LogP contribution in [0.5, 0.6) is 5.75 Å². The molecule has 2 N–H and O–H groups in total. The van der Waals surface area contributed by atoms with Gasteiger partial charge in [-0.15, -0.1) is 0 Å². The first-order valence-corrected chi connectivity index (χ1v) is 8.62. The number of nitrogens with one attached hydrogen (secondary N) is 1. The van der Waals surface area contributed by atoms with Crippen LogP contribution >= 0.6 is 8.03 Å². The SMILES string of the molecule is COc1ccc(C[C@H](NC(=O)OCc2ccccc2)[P+](=O)O)cc1. The van der Waals surface area contributed by atoms with Crippen molar-refractivity contribution in [1.29, 1.82) is 0 Å². The summed E-state index contributed by atoms with van der Waals surface area (Å²) in [5, 5.41) is 2.44. The molecule has 1 unspecified atom stereocenters. The maximum Gasteiger partial charge on any atom is 0.531 e. The van der Waals surface area contributed by atoms with Gasteiger partial charge in [0.15, 0.2) is 0 Å². The van der Waals surface area contributed by atoms with Gasteiger partial charge in [-0.2, -0.15) is 4.89 Å². The Morgan fingerprint density at radius 2 is 1.79 bits per heavy atom. The summed E-state index contributed by atoms with van der Waals surface area (Å²) in [5.41, 5.74) is 1.65. The second kappa shape index (κ2) is 9.01. The molecule has 0 saturated heterocycles. The average Bonchev–Trinajstić information content (AvgIpc) is 2.61. The first-order valence-electron chi connectivity index (χ1n) is 7.34. The number of hydrogen-bond donors (Lipinski definition) is 2. The van der Waals surface area contributed by atoms with Gasteiger partial charge in [0.05, 0.1) is 7.11 Å². The van der Waals surface area contributed by atoms with Crippen molar-refractivity contribution in [3.8, 4) is 5.75 Å². The highest BCUT2D eigenvalue weighted by molar-refractivity contribution is 7.38. The van der Waals surface area contributed by atoms with E-state index < -0.39 is 19.9 Å². The molecule has 0 aliphatic heterocycles. The lowest BCUT2D eigenvalue weighted by molar-refractivity contribution is 0.138. The molecule has 0 aliphatic rings. The van der Waals surface area contributed by atoms with E-state index in [1.165, 1.54) is 0 Å². The van der Waals surface area contributed by atoms with Crippen molar-refractivity contribution in [3.05, 3.63) is 65.7 Å². The minimum absolute atomic E-state index is 0.101. The number of carbonyl (C=O) groups excluding carboxylic acids is 1. The zero-order chi connectivity index (χ0) is 17.4. The largest absolute Gasteiger partial charge is 0.531 e. The summed E-state index contributed by atoms with van der Waals surface area (Å²) < 4.78 is 21.6. The Hall–Kier alpha value is -2.43. The van der Waals surface area contributed by atoms with Crippen molar-refractivity contribution < 1.29 is 23.7 Å². The molecule has 7 heteroatoms. The topological polar surface area (TPSA) is 84.9 Å². The van der Waals surface area contributed by atoms with Crippen LogP contribution in [0.25, 0.3) is 0 Å². The molecule has 0 bridgehead atoms. The van der Waals surface area contributed by atoms with Crippen molar-refractivity contribution in [3.63, 3.8) is 0 Å². The van der Waals surface area contributed by atoms with Gasteiger partial charge in [-0.3, -0.25) is 5.32 Å². The van der Waals surface area contributed by atoms with Crippen LogP contribution in [0.1, 0.15) is 11.1 Å². The molecule has 2 aromatic carbocycles. The zero-order valence-corrected chi connectivity index (χ0v) is 14.1. The van der Waals surface area contributed by atoms with Crippen molar-refractivity contribution in [2.24, 2.45) is 0 Å². The van der Waals surface area contributed by atoms with E-state index in [1.54, 1.807) is 31.4 Å². The summed E-state index contributed by atoms with van der Waals surface area (Å²) >= 11 is 0. The molecule has 0 aliphatic carbocycles. The van der Waals surface area contributed by atoms with Crippen LogP contribution < -0.4 is 10.1 Å². The van der Waals surface area contributed by atoms with Crippen LogP contribution in [0.15, 0.2) is 54.6 Å². The van der Waals surface area contributed by atoms with E-state index in [0.717, 1.165) is 11.1 Å². The Labute approximate surface area is 141 Å². The molecule has 0 heterocycles. The van der Waals surface area contributed by atoms with Crippen LogP contribution in [-0.2, 0) is 22.3 Å². The highest BCUT2D eigenvalue weighted by Crippen LogP contribution is 2.24. The van der Waals surface area contributed by atoms with E-state index in [0.29, 0.717) is 5.75 Å². The van der Waals surface area contributed by atoms with Gasteiger partial charge < -0.3 is 9.47 Å². The fourth-order valence-corrected chi connectivity index (χ4v) is 2.65. The van der Waals surface area contributed by atoms with Gasteiger partial charge in [-0.05, 0) is 27.8 Å². The lowest BCUT2D eigenvalue weighted by Gasteiger charge is -2.10. The number of alkyl carbamates (subject to hydrolysis) is 1. The fourth-order valence-electron chi connectivity index (χ4n) is 2.07. The Bertz CT molecular complexity index is 675. The lowest BCUT2D eigenvalue weighted by Crippen LogP contribution is -2.34. The summed E-state index contributed by atoms with van der Waals surface area (Å²) in [6, 6.07) is 16.3. The standard InChI is InChI=1S/C17H18NO5P/c1-22-15-9-7-13(8-10-15)11-16(24(20)21)18-17(19)23-12-14-5-3-2-4-6-14/h2-10,16H,11-12H2,1H3,(H-,18,19,20,21)/p+1/t16-/m1/s1. The van der Waals surface area contributed by atoms with E-state index in [4.69, 9.17) is 9.47 Å². The lowest BCUT2D eigenvalue weighted by atomic mass is 10.1. The molecule has 126 valence electrons. The van der Waals surface area contributed by atoms with E-state index in [9.17, 15) is 14.3 Å². The van der Waals surface area contributed by atoms with Crippen LogP contribution in [-0.4, -0.2) is 23.9 Å². The summed E-state index contributed by atoms with van der Waals surface area (Å²) in [5.74, 6) is -0.226. The van der Waals surface area contributed by atoms with Gasteiger partial charge in [0, 0.05) is 6.42 Å². The Morgan fingerprint density at radius 3 is 2.38 bits per heavy atom. The third kappa shape index (κ3) is 5.65. The normalized spacial score (nSPS) is 12.2. The smallest absolute Gasteiger partial charge is 0.497 e. The predicted molar refractivity (Wildman–Crippen MR) is 90.1 cm³/mol. The Kier molecular flexibility index (Phi) is 6.73. The highest BCUT2D eigenvalue weighted by Gasteiger charge is 2.31. The number of methoxy groups -OCH3 is 1. The Balaban J connectivity index is 1.90. The molecule has 2 aromatic rings. The molecule has 0 aromatic heterocycles. The highest BCUT2D eigenvalue weighted by atomic mass is 31.1. The quantitative estimate of drug-likeness (QED) is 0.751. The summed E-state index contributed by atoms with van der Waals surface area (Å²) in [6.07, 6.45) is -0.509. The van der Waals surface area contributed by atoms with Crippen LogP contribution in [0.3, 0.4) is 0 Å². The fraction of sp³-hybridized carbons (Fsp3) is 0.235. The first kappa shape index (κ1) is 17.9. The minimum Gasteiger partial charge on any atom is -0.497 e. The third-order valence-electron chi connectivity index (χ3n) is 3.35.